The number of amides is 1. The minimum absolute atomic E-state index is 0.149. The van der Waals surface area contributed by atoms with E-state index in [1.807, 2.05) is 0 Å². The molecule has 20 heavy (non-hydrogen) atoms. The first kappa shape index (κ1) is 14.2. The van der Waals surface area contributed by atoms with Gasteiger partial charge >= 0.3 is 0 Å². The number of carbonyl (C=O) groups is 1. The minimum Gasteiger partial charge on any atom is -0.384 e. The molecule has 0 aliphatic rings. The van der Waals surface area contributed by atoms with Crippen LogP contribution in [0.3, 0.4) is 0 Å². The van der Waals surface area contributed by atoms with Gasteiger partial charge in [0, 0.05) is 16.6 Å². The molecule has 0 spiro atoms. The molecule has 0 saturated carbocycles. The monoisotopic (exact) mass is 290 g/mol. The number of hydrogen-bond acceptors (Lipinski definition) is 4. The molecule has 0 saturated heterocycles. The van der Waals surface area contributed by atoms with Gasteiger partial charge in [0.15, 0.2) is 0 Å². The first-order chi connectivity index (χ1) is 9.70. The zero-order valence-corrected chi connectivity index (χ0v) is 11.2. The molecule has 0 aliphatic heterocycles. The summed E-state index contributed by atoms with van der Waals surface area (Å²) in [4.78, 5) is 16.9. The summed E-state index contributed by atoms with van der Waals surface area (Å²) < 4.78 is 13.3. The number of carbonyl (C=O) groups excluding carboxylic acids is 1. The number of nitrogens with zero attached hydrogens (tertiary/aromatic N) is 1. The molecule has 1 aromatic heterocycles. The molecular weight excluding hydrogens is 279 g/mol. The van der Waals surface area contributed by atoms with E-state index < -0.39 is 11.7 Å². The van der Waals surface area contributed by atoms with E-state index in [4.69, 9.17) is 5.11 Å². The molecule has 0 unspecified atom stereocenters. The molecule has 2 aromatic rings. The Morgan fingerprint density at radius 3 is 3.05 bits per heavy atom. The maximum absolute atomic E-state index is 13.3. The summed E-state index contributed by atoms with van der Waals surface area (Å²) in [6.07, 6.45) is 1.66. The normalized spacial score (nSPS) is 9.70. The second-order valence-corrected chi connectivity index (χ2v) is 4.77. The van der Waals surface area contributed by atoms with Crippen LogP contribution in [0, 0.1) is 17.7 Å². The average Bonchev–Trinajstić information content (AvgIpc) is 2.96. The average molecular weight is 290 g/mol. The van der Waals surface area contributed by atoms with Gasteiger partial charge in [0.25, 0.3) is 5.91 Å². The Morgan fingerprint density at radius 1 is 1.50 bits per heavy atom. The smallest absolute Gasteiger partial charge is 0.252 e. The second-order valence-electron chi connectivity index (χ2n) is 3.80. The van der Waals surface area contributed by atoms with Gasteiger partial charge in [-0.3, -0.25) is 9.78 Å². The van der Waals surface area contributed by atoms with Crippen molar-refractivity contribution in [3.8, 4) is 11.8 Å². The van der Waals surface area contributed by atoms with Crippen molar-refractivity contribution < 1.29 is 14.3 Å². The Morgan fingerprint density at radius 2 is 2.35 bits per heavy atom. The number of rotatable bonds is 3. The van der Waals surface area contributed by atoms with E-state index in [9.17, 15) is 9.18 Å². The fourth-order valence-corrected chi connectivity index (χ4v) is 2.07. The summed E-state index contributed by atoms with van der Waals surface area (Å²) >= 11 is 1.42. The Kier molecular flexibility index (Phi) is 4.82. The predicted octanol–water partition coefficient (Wildman–Crippen LogP) is 1.56. The largest absolute Gasteiger partial charge is 0.384 e. The van der Waals surface area contributed by atoms with E-state index in [2.05, 4.69) is 22.1 Å². The molecule has 102 valence electrons. The van der Waals surface area contributed by atoms with Gasteiger partial charge < -0.3 is 10.4 Å². The maximum Gasteiger partial charge on any atom is 0.252 e. The zero-order valence-electron chi connectivity index (χ0n) is 10.4. The van der Waals surface area contributed by atoms with Crippen LogP contribution in [-0.2, 0) is 6.54 Å². The van der Waals surface area contributed by atoms with Gasteiger partial charge in [-0.2, -0.15) is 0 Å². The second kappa shape index (κ2) is 6.80. The van der Waals surface area contributed by atoms with E-state index in [0.717, 1.165) is 10.9 Å². The van der Waals surface area contributed by atoms with Crippen LogP contribution >= 0.6 is 11.3 Å². The van der Waals surface area contributed by atoms with Gasteiger partial charge in [0.2, 0.25) is 0 Å². The molecule has 0 fully saturated rings. The van der Waals surface area contributed by atoms with E-state index in [0.29, 0.717) is 12.1 Å². The highest BCUT2D eigenvalue weighted by molar-refractivity contribution is 7.09. The predicted molar refractivity (Wildman–Crippen MR) is 73.6 cm³/mol. The number of nitrogens with one attached hydrogen (secondary N) is 1. The molecule has 0 bridgehead atoms. The minimum atomic E-state index is -0.512. The molecule has 1 amide bonds. The van der Waals surface area contributed by atoms with Gasteiger partial charge in [-0.15, -0.1) is 11.3 Å². The van der Waals surface area contributed by atoms with Crippen LogP contribution < -0.4 is 5.32 Å². The van der Waals surface area contributed by atoms with Crippen molar-refractivity contribution >= 4 is 17.2 Å². The summed E-state index contributed by atoms with van der Waals surface area (Å²) in [6.45, 7) is 0.00613. The summed E-state index contributed by atoms with van der Waals surface area (Å²) in [5.41, 5.74) is 2.19. The summed E-state index contributed by atoms with van der Waals surface area (Å²) in [6, 6.07) is 3.77. The number of aliphatic hydroxyl groups excluding tert-OH is 1. The molecule has 2 N–H and O–H groups in total. The fourth-order valence-electron chi connectivity index (χ4n) is 1.54. The highest BCUT2D eigenvalue weighted by Crippen LogP contribution is 2.11. The van der Waals surface area contributed by atoms with E-state index >= 15 is 0 Å². The lowest BCUT2D eigenvalue weighted by atomic mass is 10.1. The van der Waals surface area contributed by atoms with Gasteiger partial charge in [0.05, 0.1) is 17.6 Å². The van der Waals surface area contributed by atoms with Crippen LogP contribution in [0.1, 0.15) is 20.8 Å². The van der Waals surface area contributed by atoms with E-state index in [-0.39, 0.29) is 12.2 Å². The summed E-state index contributed by atoms with van der Waals surface area (Å²) in [5, 5.41) is 11.4. The number of aliphatic hydroxyl groups is 1. The van der Waals surface area contributed by atoms with Crippen molar-refractivity contribution in [2.45, 2.75) is 6.54 Å². The third kappa shape index (κ3) is 3.63. The zero-order chi connectivity index (χ0) is 14.4. The number of thiazole rings is 1. The molecule has 0 radical (unpaired) electrons. The van der Waals surface area contributed by atoms with Crippen molar-refractivity contribution in [1.29, 1.82) is 0 Å². The highest BCUT2D eigenvalue weighted by atomic mass is 32.1. The first-order valence-corrected chi connectivity index (χ1v) is 6.63. The summed E-state index contributed by atoms with van der Waals surface area (Å²) in [7, 11) is 0. The third-order valence-electron chi connectivity index (χ3n) is 2.43. The molecule has 0 atom stereocenters. The number of halogens is 1. The SMILES string of the molecule is O=C(NCc1cncs1)c1cc(F)ccc1C#CCO. The number of aromatic nitrogens is 1. The maximum atomic E-state index is 13.3. The van der Waals surface area contributed by atoms with Crippen LogP contribution in [0.25, 0.3) is 0 Å². The topological polar surface area (TPSA) is 62.2 Å². The van der Waals surface area contributed by atoms with E-state index in [1.54, 1.807) is 11.7 Å². The van der Waals surface area contributed by atoms with Gasteiger partial charge in [0.1, 0.15) is 12.4 Å². The number of benzene rings is 1. The Hall–Kier alpha value is -2.23. The lowest BCUT2D eigenvalue weighted by molar-refractivity contribution is 0.0950. The Balaban J connectivity index is 2.17. The van der Waals surface area contributed by atoms with Gasteiger partial charge in [-0.25, -0.2) is 4.39 Å². The molecule has 1 aromatic carbocycles. The number of hydrogen-bond donors (Lipinski definition) is 2. The Labute approximate surface area is 119 Å². The molecular formula is C14H11FN2O2S. The molecule has 6 heteroatoms. The molecule has 0 aliphatic carbocycles. The fraction of sp³-hybridized carbons (Fsp3) is 0.143. The first-order valence-electron chi connectivity index (χ1n) is 5.75. The van der Waals surface area contributed by atoms with Gasteiger partial charge in [-0.05, 0) is 18.2 Å². The van der Waals surface area contributed by atoms with Crippen molar-refractivity contribution in [1.82, 2.24) is 10.3 Å². The Bertz CT molecular complexity index is 660. The van der Waals surface area contributed by atoms with Crippen molar-refractivity contribution in [2.24, 2.45) is 0 Å². The van der Waals surface area contributed by atoms with Crippen molar-refractivity contribution in [3.63, 3.8) is 0 Å². The van der Waals surface area contributed by atoms with Crippen molar-refractivity contribution in [2.75, 3.05) is 6.61 Å². The summed E-state index contributed by atoms with van der Waals surface area (Å²) in [5.74, 6) is 4.14. The lowest BCUT2D eigenvalue weighted by Crippen LogP contribution is -2.23. The van der Waals surface area contributed by atoms with Crippen LogP contribution in [0.15, 0.2) is 29.9 Å². The van der Waals surface area contributed by atoms with Crippen molar-refractivity contribution in [3.05, 3.63) is 51.7 Å². The standard InChI is InChI=1S/C14H11FN2O2S/c15-11-4-3-10(2-1-5-18)13(6-11)14(19)17-8-12-7-16-9-20-12/h3-4,6-7,9,18H,5,8H2,(H,17,19). The van der Waals surface area contributed by atoms with Crippen LogP contribution in [-0.4, -0.2) is 22.6 Å². The lowest BCUT2D eigenvalue weighted by Gasteiger charge is -2.06. The molecule has 1 heterocycles. The van der Waals surface area contributed by atoms with Crippen LogP contribution in [0.5, 0.6) is 0 Å². The molecule has 2 rings (SSSR count). The highest BCUT2D eigenvalue weighted by Gasteiger charge is 2.11. The van der Waals surface area contributed by atoms with Crippen LogP contribution in [0.2, 0.25) is 0 Å². The van der Waals surface area contributed by atoms with E-state index in [1.165, 1.54) is 23.5 Å². The third-order valence-corrected chi connectivity index (χ3v) is 3.21. The van der Waals surface area contributed by atoms with Gasteiger partial charge in [-0.1, -0.05) is 11.8 Å². The van der Waals surface area contributed by atoms with Crippen LogP contribution in [0.4, 0.5) is 4.39 Å². The quantitative estimate of drug-likeness (QED) is 0.843. The molecule has 4 nitrogen and oxygen atoms in total.